The van der Waals surface area contributed by atoms with Gasteiger partial charge in [-0.3, -0.25) is 4.72 Å². The highest BCUT2D eigenvalue weighted by atomic mass is 32.2. The van der Waals surface area contributed by atoms with Crippen LogP contribution in [0.1, 0.15) is 20.3 Å². The molecule has 1 unspecified atom stereocenters. The molecule has 0 aliphatic carbocycles. The Hall–Kier alpha value is -1.23. The van der Waals surface area contributed by atoms with Gasteiger partial charge in [-0.2, -0.15) is 0 Å². The standard InChI is InChI=1S/C12H20FN3O4S2/c1-3-21(17,18)16-12-5-4-10(8-11(12)13)22(19,20)15-7-6-9(2)14/h4-5,8-9,15-16H,3,6-7,14H2,1-2H3. The predicted molar refractivity (Wildman–Crippen MR) is 82.9 cm³/mol. The molecule has 10 heteroatoms. The van der Waals surface area contributed by atoms with Crippen LogP contribution in [0.3, 0.4) is 0 Å². The predicted octanol–water partition coefficient (Wildman–Crippen LogP) is 0.603. The second-order valence-electron chi connectivity index (χ2n) is 4.81. The molecule has 1 atom stereocenters. The minimum atomic E-state index is -3.87. The summed E-state index contributed by atoms with van der Waals surface area (Å²) in [6, 6.07) is 2.81. The lowest BCUT2D eigenvalue weighted by Crippen LogP contribution is -2.29. The molecule has 0 amide bonds. The lowest BCUT2D eigenvalue weighted by molar-refractivity contribution is 0.569. The van der Waals surface area contributed by atoms with Gasteiger partial charge in [0.05, 0.1) is 16.3 Å². The van der Waals surface area contributed by atoms with Gasteiger partial charge in [0.25, 0.3) is 0 Å². The summed E-state index contributed by atoms with van der Waals surface area (Å²) in [7, 11) is -7.50. The van der Waals surface area contributed by atoms with Crippen molar-refractivity contribution in [3.05, 3.63) is 24.0 Å². The van der Waals surface area contributed by atoms with Crippen molar-refractivity contribution in [2.75, 3.05) is 17.0 Å². The van der Waals surface area contributed by atoms with Crippen molar-refractivity contribution in [1.29, 1.82) is 0 Å². The number of sulfonamides is 2. The quantitative estimate of drug-likeness (QED) is 0.632. The van der Waals surface area contributed by atoms with Gasteiger partial charge in [0.1, 0.15) is 5.82 Å². The van der Waals surface area contributed by atoms with Crippen molar-refractivity contribution in [2.24, 2.45) is 5.73 Å². The van der Waals surface area contributed by atoms with E-state index < -0.39 is 25.9 Å². The van der Waals surface area contributed by atoms with Crippen LogP contribution >= 0.6 is 0 Å². The van der Waals surface area contributed by atoms with Crippen LogP contribution in [0.25, 0.3) is 0 Å². The number of anilines is 1. The lowest BCUT2D eigenvalue weighted by Gasteiger charge is -2.11. The van der Waals surface area contributed by atoms with E-state index >= 15 is 0 Å². The van der Waals surface area contributed by atoms with Crippen LogP contribution in [0.2, 0.25) is 0 Å². The molecule has 22 heavy (non-hydrogen) atoms. The molecule has 126 valence electrons. The SMILES string of the molecule is CCS(=O)(=O)Nc1ccc(S(=O)(=O)NCCC(C)N)cc1F. The second kappa shape index (κ2) is 7.36. The average molecular weight is 353 g/mol. The summed E-state index contributed by atoms with van der Waals surface area (Å²) >= 11 is 0. The molecule has 1 aromatic carbocycles. The highest BCUT2D eigenvalue weighted by Gasteiger charge is 2.17. The van der Waals surface area contributed by atoms with Crippen molar-refractivity contribution in [2.45, 2.75) is 31.2 Å². The van der Waals surface area contributed by atoms with Crippen molar-refractivity contribution >= 4 is 25.7 Å². The topological polar surface area (TPSA) is 118 Å². The number of rotatable bonds is 8. The van der Waals surface area contributed by atoms with Crippen LogP contribution in [0, 0.1) is 5.82 Å². The average Bonchev–Trinajstić information content (AvgIpc) is 2.40. The van der Waals surface area contributed by atoms with Gasteiger partial charge in [0, 0.05) is 12.6 Å². The van der Waals surface area contributed by atoms with E-state index in [2.05, 4.69) is 4.72 Å². The third-order valence-electron chi connectivity index (χ3n) is 2.79. The van der Waals surface area contributed by atoms with Crippen molar-refractivity contribution in [3.63, 3.8) is 0 Å². The summed E-state index contributed by atoms with van der Waals surface area (Å²) < 4.78 is 64.9. The molecule has 0 aliphatic rings. The Morgan fingerprint density at radius 3 is 2.41 bits per heavy atom. The Balaban J connectivity index is 2.93. The van der Waals surface area contributed by atoms with E-state index in [1.165, 1.54) is 6.92 Å². The Kier molecular flexibility index (Phi) is 6.29. The lowest BCUT2D eigenvalue weighted by atomic mass is 10.3. The van der Waals surface area contributed by atoms with Gasteiger partial charge in [-0.1, -0.05) is 0 Å². The molecule has 0 saturated carbocycles. The maximum Gasteiger partial charge on any atom is 0.240 e. The van der Waals surface area contributed by atoms with Gasteiger partial charge in [-0.15, -0.1) is 0 Å². The number of nitrogens with one attached hydrogen (secondary N) is 2. The van der Waals surface area contributed by atoms with Gasteiger partial charge in [-0.25, -0.2) is 25.9 Å². The fraction of sp³-hybridized carbons (Fsp3) is 0.500. The number of benzene rings is 1. The monoisotopic (exact) mass is 353 g/mol. The van der Waals surface area contributed by atoms with Crippen molar-refractivity contribution in [3.8, 4) is 0 Å². The zero-order valence-electron chi connectivity index (χ0n) is 12.3. The Morgan fingerprint density at radius 2 is 1.91 bits per heavy atom. The molecule has 1 aromatic rings. The Bertz CT molecular complexity index is 718. The Labute approximate surface area is 130 Å². The first-order valence-corrected chi connectivity index (χ1v) is 9.76. The maximum absolute atomic E-state index is 13.9. The Morgan fingerprint density at radius 1 is 1.27 bits per heavy atom. The first kappa shape index (κ1) is 18.8. The molecule has 0 saturated heterocycles. The maximum atomic E-state index is 13.9. The van der Waals surface area contributed by atoms with E-state index in [0.29, 0.717) is 6.42 Å². The van der Waals surface area contributed by atoms with Gasteiger partial charge in [0.15, 0.2) is 0 Å². The number of hydrogen-bond acceptors (Lipinski definition) is 5. The molecule has 0 aliphatic heterocycles. The smallest absolute Gasteiger partial charge is 0.240 e. The van der Waals surface area contributed by atoms with Crippen LogP contribution in [0.4, 0.5) is 10.1 Å². The zero-order chi connectivity index (χ0) is 17.0. The van der Waals surface area contributed by atoms with E-state index in [9.17, 15) is 21.2 Å². The third kappa shape index (κ3) is 5.52. The van der Waals surface area contributed by atoms with E-state index in [1.54, 1.807) is 6.92 Å². The largest absolute Gasteiger partial charge is 0.328 e. The first-order valence-electron chi connectivity index (χ1n) is 6.62. The van der Waals surface area contributed by atoms with E-state index in [-0.39, 0.29) is 28.9 Å². The molecule has 1 rings (SSSR count). The number of hydrogen-bond donors (Lipinski definition) is 3. The van der Waals surface area contributed by atoms with E-state index in [1.807, 2.05) is 4.72 Å². The van der Waals surface area contributed by atoms with Crippen molar-refractivity contribution < 1.29 is 21.2 Å². The minimum Gasteiger partial charge on any atom is -0.328 e. The van der Waals surface area contributed by atoms with Crippen LogP contribution in [0.5, 0.6) is 0 Å². The summed E-state index contributed by atoms with van der Waals surface area (Å²) in [6.45, 7) is 3.27. The molecule has 4 N–H and O–H groups in total. The third-order valence-corrected chi connectivity index (χ3v) is 5.54. The van der Waals surface area contributed by atoms with Crippen molar-refractivity contribution in [1.82, 2.24) is 4.72 Å². The molecular formula is C12H20FN3O4S2. The summed E-state index contributed by atoms with van der Waals surface area (Å²) in [6.07, 6.45) is 0.441. The molecule has 0 bridgehead atoms. The summed E-state index contributed by atoms with van der Waals surface area (Å²) in [4.78, 5) is -0.283. The van der Waals surface area contributed by atoms with Gasteiger partial charge in [0.2, 0.25) is 20.0 Å². The first-order chi connectivity index (χ1) is 10.1. The van der Waals surface area contributed by atoms with Gasteiger partial charge < -0.3 is 5.73 Å². The summed E-state index contributed by atoms with van der Waals surface area (Å²) in [5.74, 6) is -1.18. The summed E-state index contributed by atoms with van der Waals surface area (Å²) in [5.41, 5.74) is 5.22. The fourth-order valence-corrected chi connectivity index (χ4v) is 3.19. The molecule has 0 spiro atoms. The van der Waals surface area contributed by atoms with E-state index in [4.69, 9.17) is 5.73 Å². The van der Waals surface area contributed by atoms with E-state index in [0.717, 1.165) is 18.2 Å². The van der Waals surface area contributed by atoms with Crippen LogP contribution in [-0.2, 0) is 20.0 Å². The molecule has 0 fully saturated rings. The fourth-order valence-electron chi connectivity index (χ4n) is 1.49. The van der Waals surface area contributed by atoms with Gasteiger partial charge in [-0.05, 0) is 38.5 Å². The van der Waals surface area contributed by atoms with Gasteiger partial charge >= 0.3 is 0 Å². The second-order valence-corrected chi connectivity index (χ2v) is 8.59. The molecule has 0 radical (unpaired) electrons. The molecule has 0 heterocycles. The summed E-state index contributed by atoms with van der Waals surface area (Å²) in [5, 5.41) is 0. The normalized spacial score (nSPS) is 13.8. The molecular weight excluding hydrogens is 333 g/mol. The minimum absolute atomic E-state index is 0.131. The van der Waals surface area contributed by atoms with Crippen LogP contribution in [-0.4, -0.2) is 35.2 Å². The number of halogens is 1. The van der Waals surface area contributed by atoms with Crippen LogP contribution in [0.15, 0.2) is 23.1 Å². The highest BCUT2D eigenvalue weighted by Crippen LogP contribution is 2.20. The zero-order valence-corrected chi connectivity index (χ0v) is 14.0. The molecule has 0 aromatic heterocycles. The van der Waals surface area contributed by atoms with Crippen LogP contribution < -0.4 is 15.2 Å². The highest BCUT2D eigenvalue weighted by molar-refractivity contribution is 7.92. The number of nitrogens with two attached hydrogens (primary N) is 1. The molecule has 7 nitrogen and oxygen atoms in total.